The third-order valence-corrected chi connectivity index (χ3v) is 5.22. The van der Waals surface area contributed by atoms with E-state index >= 15 is 0 Å². The van der Waals surface area contributed by atoms with Crippen molar-refractivity contribution in [2.45, 2.75) is 30.9 Å². The van der Waals surface area contributed by atoms with Crippen LogP contribution in [-0.2, 0) is 4.79 Å². The average Bonchev–Trinajstić information content (AvgIpc) is 3.11. The molecule has 1 amide bonds. The number of nitrogens with zero attached hydrogens (tertiary/aromatic N) is 3. The second-order valence-corrected chi connectivity index (χ2v) is 7.15. The molecule has 2 heterocycles. The lowest BCUT2D eigenvalue weighted by Crippen LogP contribution is -2.42. The van der Waals surface area contributed by atoms with Gasteiger partial charge in [-0.15, -0.1) is 0 Å². The largest absolute Gasteiger partial charge is 0.341 e. The number of rotatable bonds is 4. The molecule has 128 valence electrons. The normalized spacial score (nSPS) is 19.3. The summed E-state index contributed by atoms with van der Waals surface area (Å²) in [7, 11) is 0. The topological polar surface area (TPSA) is 59.2 Å². The number of thioether (sulfide) groups is 1. The highest BCUT2D eigenvalue weighted by atomic mass is 32.2. The molecule has 1 aliphatic heterocycles. The van der Waals surface area contributed by atoms with E-state index in [2.05, 4.69) is 10.1 Å². The van der Waals surface area contributed by atoms with E-state index in [0.717, 1.165) is 19.4 Å². The van der Waals surface area contributed by atoms with Gasteiger partial charge in [0.25, 0.3) is 0 Å². The second-order valence-electron chi connectivity index (χ2n) is 5.97. The number of hydrogen-bond donors (Lipinski definition) is 0. The maximum Gasteiger partial charge on any atom is 0.235 e. The number of hydrogen-bond acceptors (Lipinski definition) is 5. The zero-order chi connectivity index (χ0) is 17.1. The quantitative estimate of drug-likeness (QED) is 0.847. The lowest BCUT2D eigenvalue weighted by atomic mass is 9.97. The van der Waals surface area contributed by atoms with Gasteiger partial charge in [-0.25, -0.2) is 4.39 Å². The van der Waals surface area contributed by atoms with Gasteiger partial charge in [-0.1, -0.05) is 17.3 Å². The summed E-state index contributed by atoms with van der Waals surface area (Å²) < 4.78 is 18.7. The van der Waals surface area contributed by atoms with E-state index < -0.39 is 0 Å². The summed E-state index contributed by atoms with van der Waals surface area (Å²) in [6.07, 6.45) is 3.75. The third-order valence-electron chi connectivity index (χ3n) is 4.31. The lowest BCUT2D eigenvalue weighted by Gasteiger charge is -2.32. The van der Waals surface area contributed by atoms with Gasteiger partial charge in [-0.2, -0.15) is 16.7 Å². The fourth-order valence-corrected chi connectivity index (χ4v) is 3.23. The Morgan fingerprint density at radius 2 is 2.33 bits per heavy atom. The van der Waals surface area contributed by atoms with Crippen molar-refractivity contribution in [3.8, 4) is 11.4 Å². The standard InChI is InChI=1S/C17H20FN3O2S/c1-11(24-2)17(22)21-8-4-6-13(10-21)16-19-15(20-23-16)12-5-3-7-14(18)9-12/h3,5,7,9,11,13H,4,6,8,10H2,1-2H3/t11-,13-/m1/s1. The monoisotopic (exact) mass is 349 g/mol. The Hall–Kier alpha value is -1.89. The summed E-state index contributed by atoms with van der Waals surface area (Å²) >= 11 is 1.55. The van der Waals surface area contributed by atoms with E-state index in [-0.39, 0.29) is 22.9 Å². The van der Waals surface area contributed by atoms with Gasteiger partial charge < -0.3 is 9.42 Å². The molecule has 0 aliphatic carbocycles. The van der Waals surface area contributed by atoms with Gasteiger partial charge in [0.15, 0.2) is 0 Å². The van der Waals surface area contributed by atoms with Crippen LogP contribution in [0.1, 0.15) is 31.6 Å². The molecule has 2 aromatic rings. The first-order valence-electron chi connectivity index (χ1n) is 7.99. The van der Waals surface area contributed by atoms with Gasteiger partial charge in [-0.05, 0) is 38.2 Å². The molecule has 1 saturated heterocycles. The summed E-state index contributed by atoms with van der Waals surface area (Å²) in [6.45, 7) is 3.28. The molecule has 0 unspecified atom stereocenters. The molecule has 0 N–H and O–H groups in total. The Balaban J connectivity index is 1.74. The molecular formula is C17H20FN3O2S. The molecule has 2 atom stereocenters. The van der Waals surface area contributed by atoms with Gasteiger partial charge in [0, 0.05) is 18.7 Å². The minimum Gasteiger partial charge on any atom is -0.341 e. The number of amides is 1. The molecule has 1 aliphatic rings. The molecule has 3 rings (SSSR count). The Morgan fingerprint density at radius 1 is 1.50 bits per heavy atom. The molecule has 0 bridgehead atoms. The Bertz CT molecular complexity index is 721. The van der Waals surface area contributed by atoms with E-state index in [4.69, 9.17) is 4.52 Å². The van der Waals surface area contributed by atoms with Gasteiger partial charge >= 0.3 is 0 Å². The van der Waals surface area contributed by atoms with Gasteiger partial charge in [-0.3, -0.25) is 4.79 Å². The SMILES string of the molecule is CS[C@H](C)C(=O)N1CCC[C@@H](c2nc(-c3cccc(F)c3)no2)C1. The highest BCUT2D eigenvalue weighted by Gasteiger charge is 2.30. The number of benzene rings is 1. The number of carbonyl (C=O) groups excluding carboxylic acids is 1. The van der Waals surface area contributed by atoms with E-state index in [1.807, 2.05) is 18.1 Å². The molecule has 1 aromatic heterocycles. The Labute approximate surface area is 144 Å². The molecule has 5 nitrogen and oxygen atoms in total. The van der Waals surface area contributed by atoms with Crippen molar-refractivity contribution in [3.05, 3.63) is 36.0 Å². The fraction of sp³-hybridized carbons (Fsp3) is 0.471. The van der Waals surface area contributed by atoms with Gasteiger partial charge in [0.2, 0.25) is 17.6 Å². The summed E-state index contributed by atoms with van der Waals surface area (Å²) in [4.78, 5) is 18.7. The molecule has 0 spiro atoms. The zero-order valence-electron chi connectivity index (χ0n) is 13.7. The minimum absolute atomic E-state index is 0.0339. The summed E-state index contributed by atoms with van der Waals surface area (Å²) in [5.74, 6) is 0.747. The van der Waals surface area contributed by atoms with Crippen molar-refractivity contribution >= 4 is 17.7 Å². The van der Waals surface area contributed by atoms with Crippen molar-refractivity contribution in [2.24, 2.45) is 0 Å². The van der Waals surface area contributed by atoms with Crippen LogP contribution < -0.4 is 0 Å². The highest BCUT2D eigenvalue weighted by Crippen LogP contribution is 2.28. The first kappa shape index (κ1) is 17.0. The van der Waals surface area contributed by atoms with Crippen LogP contribution in [0.25, 0.3) is 11.4 Å². The van der Waals surface area contributed by atoms with Crippen LogP contribution >= 0.6 is 11.8 Å². The third kappa shape index (κ3) is 3.61. The summed E-state index contributed by atoms with van der Waals surface area (Å²) in [6, 6.07) is 6.12. The smallest absolute Gasteiger partial charge is 0.235 e. The zero-order valence-corrected chi connectivity index (χ0v) is 14.6. The van der Waals surface area contributed by atoms with E-state index in [1.54, 1.807) is 23.9 Å². The van der Waals surface area contributed by atoms with Crippen molar-refractivity contribution in [2.75, 3.05) is 19.3 Å². The number of aromatic nitrogens is 2. The lowest BCUT2D eigenvalue weighted by molar-refractivity contribution is -0.131. The molecule has 0 radical (unpaired) electrons. The van der Waals surface area contributed by atoms with Crippen LogP contribution in [0, 0.1) is 5.82 Å². The molecular weight excluding hydrogens is 329 g/mol. The maximum atomic E-state index is 13.3. The average molecular weight is 349 g/mol. The summed E-state index contributed by atoms with van der Waals surface area (Å²) in [5.41, 5.74) is 0.588. The molecule has 1 fully saturated rings. The fourth-order valence-electron chi connectivity index (χ4n) is 2.88. The van der Waals surface area contributed by atoms with Crippen LogP contribution in [-0.4, -0.2) is 45.5 Å². The van der Waals surface area contributed by atoms with E-state index in [0.29, 0.717) is 23.8 Å². The van der Waals surface area contributed by atoms with Gasteiger partial charge in [0.05, 0.1) is 11.2 Å². The highest BCUT2D eigenvalue weighted by molar-refractivity contribution is 7.99. The summed E-state index contributed by atoms with van der Waals surface area (Å²) in [5, 5.41) is 3.92. The van der Waals surface area contributed by atoms with Crippen molar-refractivity contribution in [3.63, 3.8) is 0 Å². The predicted molar refractivity (Wildman–Crippen MR) is 91.2 cm³/mol. The number of likely N-dealkylation sites (tertiary alicyclic amines) is 1. The van der Waals surface area contributed by atoms with Crippen LogP contribution in [0.4, 0.5) is 4.39 Å². The van der Waals surface area contributed by atoms with Crippen molar-refractivity contribution in [1.29, 1.82) is 0 Å². The van der Waals surface area contributed by atoms with Crippen molar-refractivity contribution in [1.82, 2.24) is 15.0 Å². The van der Waals surface area contributed by atoms with Crippen LogP contribution in [0.15, 0.2) is 28.8 Å². The molecule has 1 aromatic carbocycles. The number of piperidine rings is 1. The second kappa shape index (κ2) is 7.34. The van der Waals surface area contributed by atoms with Crippen molar-refractivity contribution < 1.29 is 13.7 Å². The molecule has 0 saturated carbocycles. The maximum absolute atomic E-state index is 13.3. The first-order valence-corrected chi connectivity index (χ1v) is 9.28. The van der Waals surface area contributed by atoms with Gasteiger partial charge in [0.1, 0.15) is 5.82 Å². The Morgan fingerprint density at radius 3 is 3.08 bits per heavy atom. The number of carbonyl (C=O) groups is 1. The Kier molecular flexibility index (Phi) is 5.18. The van der Waals surface area contributed by atoms with E-state index in [9.17, 15) is 9.18 Å². The molecule has 7 heteroatoms. The van der Waals surface area contributed by atoms with Crippen LogP contribution in [0.3, 0.4) is 0 Å². The number of halogens is 1. The predicted octanol–water partition coefficient (Wildman–Crippen LogP) is 3.33. The molecule has 24 heavy (non-hydrogen) atoms. The van der Waals surface area contributed by atoms with Crippen LogP contribution in [0.2, 0.25) is 0 Å². The van der Waals surface area contributed by atoms with E-state index in [1.165, 1.54) is 12.1 Å². The first-order chi connectivity index (χ1) is 11.6. The van der Waals surface area contributed by atoms with Crippen LogP contribution in [0.5, 0.6) is 0 Å². The minimum atomic E-state index is -0.334.